The van der Waals surface area contributed by atoms with Crippen molar-refractivity contribution in [3.8, 4) is 0 Å². The van der Waals surface area contributed by atoms with Crippen LogP contribution in [0, 0.1) is 9.12 Å². The molecule has 1 aromatic heterocycles. The van der Waals surface area contributed by atoms with Crippen LogP contribution in [0.2, 0.25) is 0 Å². The van der Waals surface area contributed by atoms with Gasteiger partial charge in [-0.25, -0.2) is 0 Å². The number of ether oxygens (including phenoxy) is 1. The quantitative estimate of drug-likeness (QED) is 0.699. The topological polar surface area (TPSA) is 70.2 Å². The van der Waals surface area contributed by atoms with Crippen LogP contribution >= 0.6 is 22.6 Å². The Morgan fingerprint density at radius 1 is 1.38 bits per heavy atom. The normalized spacial score (nSPS) is 20.2. The average Bonchev–Trinajstić information content (AvgIpc) is 3.28. The van der Waals surface area contributed by atoms with E-state index < -0.39 is 0 Å². The highest BCUT2D eigenvalue weighted by Crippen LogP contribution is 2.45. The van der Waals surface area contributed by atoms with E-state index in [9.17, 15) is 4.79 Å². The molecule has 1 saturated carbocycles. The lowest BCUT2D eigenvalue weighted by Crippen LogP contribution is -2.43. The van der Waals surface area contributed by atoms with Crippen molar-refractivity contribution in [2.75, 3.05) is 39.4 Å². The number of hydrogen-bond acceptors (Lipinski definition) is 4. The lowest BCUT2D eigenvalue weighted by molar-refractivity contribution is 0.0283. The number of fused-ring (bicyclic) bond motifs is 1. The minimum Gasteiger partial charge on any atom is -0.379 e. The molecular weight excluding hydrogens is 419 g/mol. The number of amides is 1. The number of morpholine rings is 1. The van der Waals surface area contributed by atoms with Crippen molar-refractivity contribution in [1.29, 1.82) is 0 Å². The van der Waals surface area contributed by atoms with Gasteiger partial charge < -0.3 is 10.1 Å². The number of aromatic amines is 1. The number of H-pyrrole nitrogens is 1. The zero-order valence-electron chi connectivity index (χ0n) is 13.5. The van der Waals surface area contributed by atoms with Gasteiger partial charge in [-0.15, -0.1) is 0 Å². The molecule has 1 amide bonds. The lowest BCUT2D eigenvalue weighted by atomic mass is 10.1. The minimum absolute atomic E-state index is 0.00199. The molecule has 2 fully saturated rings. The van der Waals surface area contributed by atoms with Gasteiger partial charge in [0.2, 0.25) is 0 Å². The monoisotopic (exact) mass is 440 g/mol. The van der Waals surface area contributed by atoms with E-state index in [0.29, 0.717) is 5.56 Å². The summed E-state index contributed by atoms with van der Waals surface area (Å²) in [7, 11) is 0. The van der Waals surface area contributed by atoms with Gasteiger partial charge in [0.05, 0.1) is 18.7 Å². The second-order valence-electron chi connectivity index (χ2n) is 6.84. The van der Waals surface area contributed by atoms with Crippen molar-refractivity contribution < 1.29 is 9.53 Å². The van der Waals surface area contributed by atoms with E-state index in [0.717, 1.165) is 54.0 Å². The van der Waals surface area contributed by atoms with E-state index in [-0.39, 0.29) is 11.3 Å². The van der Waals surface area contributed by atoms with E-state index in [1.165, 1.54) is 12.8 Å². The number of carbonyl (C=O) groups is 1. The largest absolute Gasteiger partial charge is 0.379 e. The molecule has 1 aliphatic heterocycles. The van der Waals surface area contributed by atoms with Crippen LogP contribution in [0.3, 0.4) is 0 Å². The van der Waals surface area contributed by atoms with Crippen molar-refractivity contribution in [3.05, 3.63) is 27.5 Å². The molecule has 0 bridgehead atoms. The van der Waals surface area contributed by atoms with Crippen molar-refractivity contribution in [1.82, 2.24) is 20.4 Å². The molecule has 6 nitrogen and oxygen atoms in total. The molecule has 1 aromatic carbocycles. The van der Waals surface area contributed by atoms with Gasteiger partial charge in [-0.05, 0) is 53.6 Å². The Kier molecular flexibility index (Phi) is 4.48. The summed E-state index contributed by atoms with van der Waals surface area (Å²) in [6, 6.07) is 5.65. The van der Waals surface area contributed by atoms with Crippen LogP contribution in [0.1, 0.15) is 23.2 Å². The zero-order valence-corrected chi connectivity index (χ0v) is 15.6. The Labute approximate surface area is 154 Å². The summed E-state index contributed by atoms with van der Waals surface area (Å²) in [5, 5.41) is 11.3. The van der Waals surface area contributed by atoms with Crippen molar-refractivity contribution in [2.45, 2.75) is 12.8 Å². The van der Waals surface area contributed by atoms with Gasteiger partial charge in [-0.2, -0.15) is 5.10 Å². The first-order valence-electron chi connectivity index (χ1n) is 8.37. The zero-order chi connectivity index (χ0) is 16.6. The average molecular weight is 440 g/mol. The third-order valence-electron chi connectivity index (χ3n) is 5.01. The third-order valence-corrected chi connectivity index (χ3v) is 5.84. The summed E-state index contributed by atoms with van der Waals surface area (Å²) in [6.45, 7) is 5.48. The van der Waals surface area contributed by atoms with E-state index in [1.807, 2.05) is 18.2 Å². The third kappa shape index (κ3) is 3.43. The number of halogens is 1. The first-order valence-corrected chi connectivity index (χ1v) is 9.45. The van der Waals surface area contributed by atoms with Gasteiger partial charge in [0, 0.05) is 42.5 Å². The van der Waals surface area contributed by atoms with Crippen LogP contribution in [0.5, 0.6) is 0 Å². The lowest BCUT2D eigenvalue weighted by Gasteiger charge is -2.30. The van der Waals surface area contributed by atoms with E-state index in [2.05, 4.69) is 43.0 Å². The number of aromatic nitrogens is 2. The highest BCUT2D eigenvalue weighted by molar-refractivity contribution is 14.1. The second kappa shape index (κ2) is 6.61. The van der Waals surface area contributed by atoms with Crippen LogP contribution in [-0.2, 0) is 4.74 Å². The minimum atomic E-state index is 0.00199. The molecule has 1 saturated heterocycles. The molecule has 4 rings (SSSR count). The fourth-order valence-corrected chi connectivity index (χ4v) is 3.84. The van der Waals surface area contributed by atoms with Crippen LogP contribution in [-0.4, -0.2) is 60.4 Å². The molecule has 2 aromatic rings. The summed E-state index contributed by atoms with van der Waals surface area (Å²) < 4.78 is 6.37. The molecule has 7 heteroatoms. The molecule has 2 N–H and O–H groups in total. The van der Waals surface area contributed by atoms with E-state index in [1.54, 1.807) is 0 Å². The number of rotatable bonds is 5. The standard InChI is InChI=1S/C17H21IN4O2/c18-15-13-9-12(1-2-14(13)20-21-15)16(23)19-10-17(3-4-17)11-22-5-7-24-8-6-22/h1-2,9H,3-8,10-11H2,(H,19,23)(H,20,21). The first kappa shape index (κ1) is 16.3. The number of carbonyl (C=O) groups excluding carboxylic acids is 1. The van der Waals surface area contributed by atoms with Gasteiger partial charge in [0.1, 0.15) is 3.70 Å². The van der Waals surface area contributed by atoms with Crippen LogP contribution in [0.4, 0.5) is 0 Å². The fraction of sp³-hybridized carbons (Fsp3) is 0.529. The number of nitrogens with one attached hydrogen (secondary N) is 2. The predicted octanol–water partition coefficient (Wildman–Crippen LogP) is 2.01. The highest BCUT2D eigenvalue weighted by Gasteiger charge is 2.44. The van der Waals surface area contributed by atoms with Gasteiger partial charge in [-0.1, -0.05) is 0 Å². The molecule has 0 atom stereocenters. The molecule has 128 valence electrons. The summed E-state index contributed by atoms with van der Waals surface area (Å²) in [6.07, 6.45) is 2.40. The van der Waals surface area contributed by atoms with Gasteiger partial charge in [0.25, 0.3) is 5.91 Å². The molecular formula is C17H21IN4O2. The molecule has 1 aliphatic carbocycles. The van der Waals surface area contributed by atoms with Crippen molar-refractivity contribution in [3.63, 3.8) is 0 Å². The number of hydrogen-bond donors (Lipinski definition) is 2. The Hall–Kier alpha value is -1.19. The van der Waals surface area contributed by atoms with Crippen LogP contribution in [0.25, 0.3) is 10.9 Å². The maximum absolute atomic E-state index is 12.5. The second-order valence-corrected chi connectivity index (χ2v) is 7.92. The molecule has 2 aliphatic rings. The van der Waals surface area contributed by atoms with Crippen molar-refractivity contribution in [2.24, 2.45) is 5.41 Å². The van der Waals surface area contributed by atoms with Gasteiger partial charge in [-0.3, -0.25) is 14.8 Å². The smallest absolute Gasteiger partial charge is 0.251 e. The molecule has 0 unspecified atom stereocenters. The van der Waals surface area contributed by atoms with Gasteiger partial charge in [0.15, 0.2) is 0 Å². The summed E-state index contributed by atoms with van der Waals surface area (Å²) in [4.78, 5) is 15.0. The molecule has 24 heavy (non-hydrogen) atoms. The van der Waals surface area contributed by atoms with Crippen molar-refractivity contribution >= 4 is 39.4 Å². The molecule has 0 radical (unpaired) electrons. The Bertz CT molecular complexity index is 750. The predicted molar refractivity (Wildman–Crippen MR) is 100 cm³/mol. The molecule has 2 heterocycles. The summed E-state index contributed by atoms with van der Waals surface area (Å²) in [5.74, 6) is 0.00199. The SMILES string of the molecule is O=C(NCC1(CN2CCOCC2)CC1)c1ccc2n[nH]c(I)c2c1. The molecule has 0 spiro atoms. The maximum Gasteiger partial charge on any atom is 0.251 e. The van der Waals surface area contributed by atoms with Gasteiger partial charge >= 0.3 is 0 Å². The highest BCUT2D eigenvalue weighted by atomic mass is 127. The Morgan fingerprint density at radius 3 is 2.92 bits per heavy atom. The summed E-state index contributed by atoms with van der Waals surface area (Å²) >= 11 is 2.20. The van der Waals surface area contributed by atoms with E-state index in [4.69, 9.17) is 4.74 Å². The number of nitrogens with zero attached hydrogens (tertiary/aromatic N) is 2. The van der Waals surface area contributed by atoms with E-state index >= 15 is 0 Å². The maximum atomic E-state index is 12.5. The Morgan fingerprint density at radius 2 is 2.17 bits per heavy atom. The fourth-order valence-electron chi connectivity index (χ4n) is 3.29. The Balaban J connectivity index is 1.37. The summed E-state index contributed by atoms with van der Waals surface area (Å²) in [5.41, 5.74) is 1.85. The number of benzene rings is 1. The van der Waals surface area contributed by atoms with Crippen LogP contribution in [0.15, 0.2) is 18.2 Å². The first-order chi connectivity index (χ1) is 11.7. The van der Waals surface area contributed by atoms with Crippen LogP contribution < -0.4 is 5.32 Å².